The van der Waals surface area contributed by atoms with E-state index in [2.05, 4.69) is 97.2 Å². The molecule has 0 amide bonds. The lowest BCUT2D eigenvalue weighted by molar-refractivity contribution is 0.696. The summed E-state index contributed by atoms with van der Waals surface area (Å²) in [7, 11) is 1.97. The lowest BCUT2D eigenvalue weighted by Gasteiger charge is -2.36. The topological polar surface area (TPSA) is 12.0 Å². The van der Waals surface area contributed by atoms with Gasteiger partial charge in [-0.15, -0.1) is 0 Å². The fourth-order valence-corrected chi connectivity index (χ4v) is 5.03. The Labute approximate surface area is 167 Å². The first kappa shape index (κ1) is 17.1. The van der Waals surface area contributed by atoms with Crippen LogP contribution in [0.4, 0.5) is 5.69 Å². The van der Waals surface area contributed by atoms with Gasteiger partial charge in [0, 0.05) is 12.7 Å². The summed E-state index contributed by atoms with van der Waals surface area (Å²) < 4.78 is 0. The summed E-state index contributed by atoms with van der Waals surface area (Å²) in [5.41, 5.74) is 10.7. The fourth-order valence-electron chi connectivity index (χ4n) is 5.03. The maximum atomic E-state index is 3.26. The highest BCUT2D eigenvalue weighted by molar-refractivity contribution is 5.90. The molecule has 1 unspecified atom stereocenters. The third-order valence-electron chi connectivity index (χ3n) is 6.34. The maximum Gasteiger partial charge on any atom is 0.0676 e. The first-order chi connectivity index (χ1) is 13.7. The van der Waals surface area contributed by atoms with Crippen molar-refractivity contribution in [1.29, 1.82) is 0 Å². The Hall–Kier alpha value is -3.06. The molecule has 3 aromatic carbocycles. The van der Waals surface area contributed by atoms with E-state index in [-0.39, 0.29) is 5.41 Å². The van der Waals surface area contributed by atoms with Crippen LogP contribution in [0.1, 0.15) is 40.7 Å². The van der Waals surface area contributed by atoms with E-state index in [1.165, 1.54) is 39.0 Å². The van der Waals surface area contributed by atoms with Crippen LogP contribution < -0.4 is 5.32 Å². The Morgan fingerprint density at radius 1 is 0.821 bits per heavy atom. The fraction of sp³-hybridized carbons (Fsp3) is 0.185. The highest BCUT2D eigenvalue weighted by atomic mass is 14.8. The highest BCUT2D eigenvalue weighted by Crippen LogP contribution is 2.57. The molecule has 0 heterocycles. The van der Waals surface area contributed by atoms with Gasteiger partial charge in [-0.1, -0.05) is 78.4 Å². The molecule has 0 fully saturated rings. The van der Waals surface area contributed by atoms with Gasteiger partial charge in [0.1, 0.15) is 0 Å². The van der Waals surface area contributed by atoms with Crippen LogP contribution in [-0.4, -0.2) is 7.05 Å². The van der Waals surface area contributed by atoms with Crippen molar-refractivity contribution < 1.29 is 0 Å². The van der Waals surface area contributed by atoms with E-state index in [4.69, 9.17) is 0 Å². The van der Waals surface area contributed by atoms with Crippen molar-refractivity contribution in [3.8, 4) is 0 Å². The van der Waals surface area contributed by atoms with E-state index in [0.29, 0.717) is 0 Å². The molecule has 0 radical (unpaired) electrons. The van der Waals surface area contributed by atoms with Crippen LogP contribution in [0.15, 0.2) is 90.5 Å². The number of aryl methyl sites for hydroxylation is 1. The average molecular weight is 364 g/mol. The number of fused-ring (bicyclic) bond motifs is 2. The van der Waals surface area contributed by atoms with E-state index in [1.807, 2.05) is 7.05 Å². The minimum absolute atomic E-state index is 0.212. The Kier molecular flexibility index (Phi) is 3.98. The highest BCUT2D eigenvalue weighted by Gasteiger charge is 2.47. The lowest BCUT2D eigenvalue weighted by atomic mass is 9.65. The molecule has 0 aliphatic heterocycles. The minimum atomic E-state index is -0.212. The second-order valence-corrected chi connectivity index (χ2v) is 7.82. The second kappa shape index (κ2) is 6.53. The van der Waals surface area contributed by atoms with Gasteiger partial charge in [0.05, 0.1) is 5.41 Å². The van der Waals surface area contributed by atoms with Crippen molar-refractivity contribution in [1.82, 2.24) is 0 Å². The zero-order valence-electron chi connectivity index (χ0n) is 16.5. The smallest absolute Gasteiger partial charge is 0.0676 e. The zero-order chi connectivity index (χ0) is 19.1. The van der Waals surface area contributed by atoms with E-state index in [1.54, 1.807) is 0 Å². The third-order valence-corrected chi connectivity index (χ3v) is 6.34. The Balaban J connectivity index is 1.87. The van der Waals surface area contributed by atoms with Gasteiger partial charge in [-0.3, -0.25) is 0 Å². The second-order valence-electron chi connectivity index (χ2n) is 7.82. The van der Waals surface area contributed by atoms with Crippen LogP contribution >= 0.6 is 0 Å². The molecule has 28 heavy (non-hydrogen) atoms. The predicted octanol–water partition coefficient (Wildman–Crippen LogP) is 6.49. The molecule has 1 nitrogen and oxygen atoms in total. The number of hydrogen-bond acceptors (Lipinski definition) is 1. The summed E-state index contributed by atoms with van der Waals surface area (Å²) in [4.78, 5) is 0. The van der Waals surface area contributed by atoms with E-state index >= 15 is 0 Å². The largest absolute Gasteiger partial charge is 0.388 e. The summed E-state index contributed by atoms with van der Waals surface area (Å²) in [6, 6.07) is 27.1. The normalized spacial score (nSPS) is 20.1. The molecule has 5 rings (SSSR count). The number of allylic oxidation sites excluding steroid dienone is 4. The van der Waals surface area contributed by atoms with Crippen LogP contribution in [0.5, 0.6) is 0 Å². The molecule has 2 aliphatic carbocycles. The van der Waals surface area contributed by atoms with Gasteiger partial charge in [0.2, 0.25) is 0 Å². The molecule has 3 aromatic rings. The predicted molar refractivity (Wildman–Crippen MR) is 119 cm³/mol. The first-order valence-corrected chi connectivity index (χ1v) is 10.1. The van der Waals surface area contributed by atoms with Crippen molar-refractivity contribution >= 4 is 11.3 Å². The van der Waals surface area contributed by atoms with Crippen molar-refractivity contribution in [2.24, 2.45) is 0 Å². The van der Waals surface area contributed by atoms with Gasteiger partial charge in [-0.05, 0) is 65.3 Å². The molecule has 138 valence electrons. The van der Waals surface area contributed by atoms with Crippen molar-refractivity contribution in [2.75, 3.05) is 12.4 Å². The van der Waals surface area contributed by atoms with Crippen LogP contribution in [0.25, 0.3) is 5.57 Å². The standard InChI is InChI=1S/C27H25N/c1-19-11-13-20(14-12-19)27(21-15-17-22(28-2)18-16-21)25-9-5-3-7-23(25)24-8-4-6-10-26(24)27/h3-5,7-9,11-18,28H,6,10H2,1-2H3. The molecule has 0 spiro atoms. The molecular formula is C27H25N. The number of rotatable bonds is 3. The van der Waals surface area contributed by atoms with Crippen LogP contribution in [0, 0.1) is 6.92 Å². The molecule has 0 saturated heterocycles. The number of nitrogens with one attached hydrogen (secondary N) is 1. The summed E-state index contributed by atoms with van der Waals surface area (Å²) in [6.45, 7) is 2.16. The van der Waals surface area contributed by atoms with E-state index in [0.717, 1.165) is 18.5 Å². The maximum absolute atomic E-state index is 3.26. The Morgan fingerprint density at radius 2 is 1.50 bits per heavy atom. The van der Waals surface area contributed by atoms with E-state index in [9.17, 15) is 0 Å². The van der Waals surface area contributed by atoms with Gasteiger partial charge in [-0.2, -0.15) is 0 Å². The average Bonchev–Trinajstić information content (AvgIpc) is 3.06. The summed E-state index contributed by atoms with van der Waals surface area (Å²) >= 11 is 0. The zero-order valence-corrected chi connectivity index (χ0v) is 16.5. The molecule has 0 bridgehead atoms. The Morgan fingerprint density at radius 3 is 2.21 bits per heavy atom. The summed E-state index contributed by atoms with van der Waals surface area (Å²) in [5.74, 6) is 0. The van der Waals surface area contributed by atoms with Gasteiger partial charge in [0.25, 0.3) is 0 Å². The molecular weight excluding hydrogens is 338 g/mol. The van der Waals surface area contributed by atoms with Crippen molar-refractivity contribution in [3.05, 3.63) is 118 Å². The number of benzene rings is 3. The van der Waals surface area contributed by atoms with E-state index < -0.39 is 0 Å². The molecule has 2 aliphatic rings. The summed E-state index contributed by atoms with van der Waals surface area (Å²) in [6.07, 6.45) is 6.87. The number of hydrogen-bond donors (Lipinski definition) is 1. The van der Waals surface area contributed by atoms with Crippen LogP contribution in [0.3, 0.4) is 0 Å². The van der Waals surface area contributed by atoms with Gasteiger partial charge >= 0.3 is 0 Å². The van der Waals surface area contributed by atoms with Crippen LogP contribution in [-0.2, 0) is 5.41 Å². The van der Waals surface area contributed by atoms with Gasteiger partial charge in [0.15, 0.2) is 0 Å². The quantitative estimate of drug-likeness (QED) is 0.561. The van der Waals surface area contributed by atoms with Gasteiger partial charge < -0.3 is 5.32 Å². The van der Waals surface area contributed by atoms with Crippen molar-refractivity contribution in [2.45, 2.75) is 25.2 Å². The molecule has 1 N–H and O–H groups in total. The third kappa shape index (κ3) is 2.32. The molecule has 1 atom stereocenters. The first-order valence-electron chi connectivity index (χ1n) is 10.1. The molecule has 0 saturated carbocycles. The molecule has 1 heteroatoms. The molecule has 0 aromatic heterocycles. The van der Waals surface area contributed by atoms with Crippen molar-refractivity contribution in [3.63, 3.8) is 0 Å². The van der Waals surface area contributed by atoms with Crippen LogP contribution in [0.2, 0.25) is 0 Å². The lowest BCUT2D eigenvalue weighted by Crippen LogP contribution is -2.30. The summed E-state index contributed by atoms with van der Waals surface area (Å²) in [5, 5.41) is 3.26. The Bertz CT molecular complexity index is 1080. The SMILES string of the molecule is CNc1ccc(C2(c3ccc(C)cc3)C3=C(C=CCC3)c3ccccc32)cc1. The monoisotopic (exact) mass is 363 g/mol. The number of anilines is 1. The van der Waals surface area contributed by atoms with Gasteiger partial charge in [-0.25, -0.2) is 0 Å². The minimum Gasteiger partial charge on any atom is -0.388 e.